The van der Waals surface area contributed by atoms with E-state index in [1.165, 1.54) is 0 Å². The summed E-state index contributed by atoms with van der Waals surface area (Å²) < 4.78 is 0. The van der Waals surface area contributed by atoms with E-state index in [0.29, 0.717) is 5.82 Å². The Morgan fingerprint density at radius 2 is 1.91 bits per heavy atom. The van der Waals surface area contributed by atoms with Crippen LogP contribution in [0.1, 0.15) is 0 Å². The largest absolute Gasteiger partial charge is 0.382 e. The van der Waals surface area contributed by atoms with Gasteiger partial charge in [-0.05, 0) is 47.5 Å². The first-order chi connectivity index (χ1) is 11.3. The van der Waals surface area contributed by atoms with Gasteiger partial charge in [0, 0.05) is 17.8 Å². The third-order valence-electron chi connectivity index (χ3n) is 3.62. The van der Waals surface area contributed by atoms with E-state index in [1.807, 2.05) is 42.5 Å². The number of fused-ring (bicyclic) bond motifs is 1. The molecule has 0 radical (unpaired) electrons. The van der Waals surface area contributed by atoms with Crippen LogP contribution in [0.2, 0.25) is 0 Å². The van der Waals surface area contributed by atoms with Gasteiger partial charge >= 0.3 is 0 Å². The van der Waals surface area contributed by atoms with Crippen molar-refractivity contribution in [2.75, 3.05) is 11.1 Å². The van der Waals surface area contributed by atoms with Crippen LogP contribution >= 0.6 is 0 Å². The summed E-state index contributed by atoms with van der Waals surface area (Å²) in [7, 11) is 0. The molecule has 0 fully saturated rings. The molecule has 0 amide bonds. The van der Waals surface area contributed by atoms with E-state index in [9.17, 15) is 0 Å². The van der Waals surface area contributed by atoms with Gasteiger partial charge in [0.2, 0.25) is 0 Å². The third-order valence-corrected chi connectivity index (χ3v) is 3.62. The number of hydrogen-bond donors (Lipinski definition) is 3. The average molecular weight is 302 g/mol. The summed E-state index contributed by atoms with van der Waals surface area (Å²) in [6.45, 7) is 0. The Labute approximate surface area is 132 Å². The van der Waals surface area contributed by atoms with Crippen LogP contribution in [0.3, 0.4) is 0 Å². The molecule has 0 aliphatic heterocycles. The van der Waals surface area contributed by atoms with Crippen LogP contribution in [0, 0.1) is 0 Å². The van der Waals surface area contributed by atoms with Crippen LogP contribution in [-0.4, -0.2) is 20.2 Å². The van der Waals surface area contributed by atoms with Crippen LogP contribution in [0.15, 0.2) is 61.1 Å². The van der Waals surface area contributed by atoms with Gasteiger partial charge in [0.15, 0.2) is 5.82 Å². The first-order valence-corrected chi connectivity index (χ1v) is 7.17. The lowest BCUT2D eigenvalue weighted by Crippen LogP contribution is -1.94. The fourth-order valence-electron chi connectivity index (χ4n) is 2.48. The number of nitrogens with one attached hydrogen (secondary N) is 2. The van der Waals surface area contributed by atoms with Crippen LogP contribution in [-0.2, 0) is 0 Å². The molecule has 0 unspecified atom stereocenters. The second-order valence-electron chi connectivity index (χ2n) is 5.17. The van der Waals surface area contributed by atoms with Crippen molar-refractivity contribution in [3.8, 4) is 11.1 Å². The molecule has 1 aromatic carbocycles. The van der Waals surface area contributed by atoms with Crippen LogP contribution in [0.4, 0.5) is 17.3 Å². The van der Waals surface area contributed by atoms with Crippen LogP contribution in [0.25, 0.3) is 22.0 Å². The predicted molar refractivity (Wildman–Crippen MR) is 91.3 cm³/mol. The number of anilines is 3. The summed E-state index contributed by atoms with van der Waals surface area (Å²) in [6.07, 6.45) is 5.27. The number of nitrogen functional groups attached to an aromatic ring is 1. The van der Waals surface area contributed by atoms with E-state index in [4.69, 9.17) is 5.73 Å². The maximum Gasteiger partial charge on any atom is 0.153 e. The van der Waals surface area contributed by atoms with Gasteiger partial charge in [-0.1, -0.05) is 6.07 Å². The fourth-order valence-corrected chi connectivity index (χ4v) is 2.48. The normalized spacial score (nSPS) is 10.8. The summed E-state index contributed by atoms with van der Waals surface area (Å²) in [5.74, 6) is 1.26. The molecule has 0 spiro atoms. The molecule has 0 bridgehead atoms. The molecule has 6 nitrogen and oxygen atoms in total. The molecule has 4 aromatic rings. The summed E-state index contributed by atoms with van der Waals surface area (Å²) in [5.41, 5.74) is 9.81. The minimum absolute atomic E-state index is 0.504. The lowest BCUT2D eigenvalue weighted by atomic mass is 10.0. The van der Waals surface area contributed by atoms with Gasteiger partial charge in [0.1, 0.15) is 5.82 Å². The highest BCUT2D eigenvalue weighted by atomic mass is 15.1. The number of aromatic amines is 1. The maximum absolute atomic E-state index is 5.88. The van der Waals surface area contributed by atoms with Gasteiger partial charge in [-0.25, -0.2) is 4.98 Å². The zero-order valence-corrected chi connectivity index (χ0v) is 12.2. The van der Waals surface area contributed by atoms with E-state index in [0.717, 1.165) is 33.5 Å². The molecule has 4 rings (SSSR count). The van der Waals surface area contributed by atoms with Crippen molar-refractivity contribution < 1.29 is 0 Å². The molecular formula is C17H14N6. The van der Waals surface area contributed by atoms with Crippen molar-refractivity contribution >= 4 is 28.2 Å². The molecule has 3 heterocycles. The van der Waals surface area contributed by atoms with Crippen molar-refractivity contribution in [2.24, 2.45) is 0 Å². The van der Waals surface area contributed by atoms with Crippen LogP contribution in [0.5, 0.6) is 0 Å². The average Bonchev–Trinajstić information content (AvgIpc) is 2.97. The number of aromatic nitrogens is 4. The zero-order chi connectivity index (χ0) is 15.6. The summed E-state index contributed by atoms with van der Waals surface area (Å²) >= 11 is 0. The molecule has 0 saturated heterocycles. The minimum Gasteiger partial charge on any atom is -0.382 e. The van der Waals surface area contributed by atoms with E-state index in [-0.39, 0.29) is 0 Å². The number of hydrogen-bond acceptors (Lipinski definition) is 5. The van der Waals surface area contributed by atoms with E-state index >= 15 is 0 Å². The summed E-state index contributed by atoms with van der Waals surface area (Å²) in [4.78, 5) is 8.43. The Balaban J connectivity index is 1.70. The van der Waals surface area contributed by atoms with E-state index in [2.05, 4.69) is 25.5 Å². The molecule has 23 heavy (non-hydrogen) atoms. The lowest BCUT2D eigenvalue weighted by molar-refractivity contribution is 1.13. The van der Waals surface area contributed by atoms with E-state index < -0.39 is 0 Å². The Hall–Kier alpha value is -3.41. The maximum atomic E-state index is 5.88. The quantitative estimate of drug-likeness (QED) is 0.539. The Kier molecular flexibility index (Phi) is 3.12. The molecule has 0 saturated carbocycles. The number of rotatable bonds is 3. The fraction of sp³-hybridized carbons (Fsp3) is 0. The smallest absolute Gasteiger partial charge is 0.153 e. The molecule has 3 aromatic heterocycles. The monoisotopic (exact) mass is 302 g/mol. The van der Waals surface area contributed by atoms with Crippen molar-refractivity contribution in [3.05, 3.63) is 61.1 Å². The number of nitrogens with zero attached hydrogens (tertiary/aromatic N) is 3. The van der Waals surface area contributed by atoms with Crippen LogP contribution < -0.4 is 11.1 Å². The van der Waals surface area contributed by atoms with Crippen molar-refractivity contribution in [1.82, 2.24) is 20.2 Å². The molecule has 0 aliphatic carbocycles. The van der Waals surface area contributed by atoms with Gasteiger partial charge in [-0.3, -0.25) is 10.1 Å². The molecule has 0 atom stereocenters. The standard InChI is InChI=1S/C17H14N6/c18-17-14-8-11(3-4-15(14)22-23-17)12-5-7-20-16(9-12)21-13-2-1-6-19-10-13/h1-10H,(H,20,21)(H3,18,22,23). The first-order valence-electron chi connectivity index (χ1n) is 7.17. The molecule has 112 valence electrons. The number of pyridine rings is 2. The van der Waals surface area contributed by atoms with Crippen molar-refractivity contribution in [3.63, 3.8) is 0 Å². The minimum atomic E-state index is 0.504. The topological polar surface area (TPSA) is 92.5 Å². The first kappa shape index (κ1) is 13.3. The molecule has 0 aliphatic rings. The second-order valence-corrected chi connectivity index (χ2v) is 5.17. The van der Waals surface area contributed by atoms with Gasteiger partial charge < -0.3 is 11.1 Å². The summed E-state index contributed by atoms with van der Waals surface area (Å²) in [6, 6.07) is 13.8. The van der Waals surface area contributed by atoms with Gasteiger partial charge in [0.05, 0.1) is 17.4 Å². The molecule has 6 heteroatoms. The lowest BCUT2D eigenvalue weighted by Gasteiger charge is -2.07. The highest BCUT2D eigenvalue weighted by Gasteiger charge is 2.06. The highest BCUT2D eigenvalue weighted by molar-refractivity contribution is 5.92. The Morgan fingerprint density at radius 1 is 1.00 bits per heavy atom. The number of nitrogens with two attached hydrogens (primary N) is 1. The number of H-pyrrole nitrogens is 1. The molecule has 4 N–H and O–H groups in total. The summed E-state index contributed by atoms with van der Waals surface area (Å²) in [5, 5.41) is 11.1. The predicted octanol–water partition coefficient (Wildman–Crippen LogP) is 3.35. The van der Waals surface area contributed by atoms with Gasteiger partial charge in [-0.15, -0.1) is 0 Å². The Bertz CT molecular complexity index is 961. The van der Waals surface area contributed by atoms with Gasteiger partial charge in [-0.2, -0.15) is 5.10 Å². The SMILES string of the molecule is Nc1n[nH]c2ccc(-c3ccnc(Nc4cccnc4)c3)cc12. The highest BCUT2D eigenvalue weighted by Crippen LogP contribution is 2.27. The van der Waals surface area contributed by atoms with Gasteiger partial charge in [0.25, 0.3) is 0 Å². The van der Waals surface area contributed by atoms with Crippen molar-refractivity contribution in [2.45, 2.75) is 0 Å². The second kappa shape index (κ2) is 5.42. The zero-order valence-electron chi connectivity index (χ0n) is 12.2. The Morgan fingerprint density at radius 3 is 2.78 bits per heavy atom. The molecular weight excluding hydrogens is 288 g/mol. The van der Waals surface area contributed by atoms with Crippen molar-refractivity contribution in [1.29, 1.82) is 0 Å². The van der Waals surface area contributed by atoms with E-state index in [1.54, 1.807) is 18.6 Å². The third kappa shape index (κ3) is 2.57. The number of benzene rings is 1.